The Morgan fingerprint density at radius 3 is 2.67 bits per heavy atom. The average Bonchev–Trinajstić information content (AvgIpc) is 2.29. The summed E-state index contributed by atoms with van der Waals surface area (Å²) in [7, 11) is 0. The average molecular weight is 188 g/mol. The predicted molar refractivity (Wildman–Crippen MR) is 50.0 cm³/mol. The van der Waals surface area contributed by atoms with Crippen LogP contribution in [0.5, 0.6) is 0 Å². The molecule has 0 saturated carbocycles. The first kappa shape index (κ1) is 9.55. The van der Waals surface area contributed by atoms with Crippen molar-refractivity contribution in [3.05, 3.63) is 16.7 Å². The maximum atomic E-state index is 5.81. The van der Waals surface area contributed by atoms with E-state index in [0.29, 0.717) is 17.6 Å². The van der Waals surface area contributed by atoms with Crippen molar-refractivity contribution >= 4 is 11.6 Å². The van der Waals surface area contributed by atoms with Gasteiger partial charge in [-0.15, -0.1) is 0 Å². The van der Waals surface area contributed by atoms with Crippen molar-refractivity contribution in [3.8, 4) is 0 Å². The molecule has 68 valence electrons. The van der Waals surface area contributed by atoms with Crippen molar-refractivity contribution in [3.63, 3.8) is 0 Å². The van der Waals surface area contributed by atoms with Crippen LogP contribution in [-0.4, -0.2) is 9.97 Å². The Morgan fingerprint density at radius 1 is 1.58 bits per heavy atom. The molecule has 3 N–H and O–H groups in total. The lowest BCUT2D eigenvalue weighted by molar-refractivity contribution is 0.625. The van der Waals surface area contributed by atoms with Gasteiger partial charge in [0.2, 0.25) is 0 Å². The molecule has 3 nitrogen and oxygen atoms in total. The van der Waals surface area contributed by atoms with E-state index in [1.54, 1.807) is 0 Å². The fourth-order valence-corrected chi connectivity index (χ4v) is 1.28. The molecule has 1 heterocycles. The number of aromatic nitrogens is 2. The van der Waals surface area contributed by atoms with Crippen LogP contribution >= 0.6 is 11.6 Å². The van der Waals surface area contributed by atoms with E-state index in [-0.39, 0.29) is 0 Å². The van der Waals surface area contributed by atoms with E-state index in [0.717, 1.165) is 17.9 Å². The van der Waals surface area contributed by atoms with Crippen LogP contribution in [0.4, 0.5) is 0 Å². The van der Waals surface area contributed by atoms with Gasteiger partial charge in [0.15, 0.2) is 5.15 Å². The molecule has 0 amide bonds. The van der Waals surface area contributed by atoms with Crippen LogP contribution in [0, 0.1) is 5.92 Å². The lowest BCUT2D eigenvalue weighted by atomic mass is 10.1. The molecule has 0 radical (unpaired) electrons. The summed E-state index contributed by atoms with van der Waals surface area (Å²) < 4.78 is 0. The minimum atomic E-state index is 0.421. The molecule has 0 bridgehead atoms. The SMILES string of the molecule is CC(C)Cc1nc(Cl)c(CN)[nH]1. The molecule has 0 aromatic carbocycles. The molecule has 0 fully saturated rings. The van der Waals surface area contributed by atoms with E-state index in [1.807, 2.05) is 0 Å². The highest BCUT2D eigenvalue weighted by molar-refractivity contribution is 6.30. The van der Waals surface area contributed by atoms with Crippen LogP contribution < -0.4 is 5.73 Å². The summed E-state index contributed by atoms with van der Waals surface area (Å²) in [6.45, 7) is 4.70. The highest BCUT2D eigenvalue weighted by Gasteiger charge is 2.07. The molecule has 0 aliphatic rings. The molecule has 0 saturated heterocycles. The van der Waals surface area contributed by atoms with Crippen LogP contribution in [0.25, 0.3) is 0 Å². The van der Waals surface area contributed by atoms with Gasteiger partial charge in [-0.2, -0.15) is 0 Å². The minimum Gasteiger partial charge on any atom is -0.344 e. The topological polar surface area (TPSA) is 54.7 Å². The third kappa shape index (κ3) is 2.22. The van der Waals surface area contributed by atoms with Gasteiger partial charge in [0.05, 0.1) is 5.69 Å². The smallest absolute Gasteiger partial charge is 0.151 e. The van der Waals surface area contributed by atoms with Gasteiger partial charge in [-0.1, -0.05) is 25.4 Å². The van der Waals surface area contributed by atoms with Gasteiger partial charge in [0.25, 0.3) is 0 Å². The monoisotopic (exact) mass is 187 g/mol. The maximum absolute atomic E-state index is 5.81. The van der Waals surface area contributed by atoms with Crippen molar-refractivity contribution in [1.82, 2.24) is 9.97 Å². The number of hydrogen-bond acceptors (Lipinski definition) is 2. The van der Waals surface area contributed by atoms with Gasteiger partial charge < -0.3 is 10.7 Å². The molecule has 1 rings (SSSR count). The summed E-state index contributed by atoms with van der Waals surface area (Å²) in [6.07, 6.45) is 0.916. The quantitative estimate of drug-likeness (QED) is 0.757. The number of nitrogens with one attached hydrogen (secondary N) is 1. The Labute approximate surface area is 77.3 Å². The molecule has 0 atom stereocenters. The Kier molecular flexibility index (Phi) is 3.12. The van der Waals surface area contributed by atoms with Gasteiger partial charge in [0, 0.05) is 13.0 Å². The van der Waals surface area contributed by atoms with Crippen LogP contribution in [0.15, 0.2) is 0 Å². The van der Waals surface area contributed by atoms with E-state index in [4.69, 9.17) is 17.3 Å². The van der Waals surface area contributed by atoms with Crippen LogP contribution in [0.3, 0.4) is 0 Å². The number of nitrogens with zero attached hydrogens (tertiary/aromatic N) is 1. The highest BCUT2D eigenvalue weighted by Crippen LogP contribution is 2.13. The Balaban J connectivity index is 2.75. The largest absolute Gasteiger partial charge is 0.344 e. The maximum Gasteiger partial charge on any atom is 0.151 e. The minimum absolute atomic E-state index is 0.421. The molecular weight excluding hydrogens is 174 g/mol. The van der Waals surface area contributed by atoms with Gasteiger partial charge in [-0.05, 0) is 5.92 Å². The number of rotatable bonds is 3. The number of H-pyrrole nitrogens is 1. The third-order valence-electron chi connectivity index (χ3n) is 1.58. The number of hydrogen-bond donors (Lipinski definition) is 2. The van der Waals surface area contributed by atoms with Crippen molar-refractivity contribution < 1.29 is 0 Å². The third-order valence-corrected chi connectivity index (χ3v) is 1.90. The van der Waals surface area contributed by atoms with Gasteiger partial charge in [0.1, 0.15) is 5.82 Å². The van der Waals surface area contributed by atoms with E-state index >= 15 is 0 Å². The number of aromatic amines is 1. The second kappa shape index (κ2) is 3.92. The number of nitrogens with two attached hydrogens (primary N) is 1. The zero-order valence-electron chi connectivity index (χ0n) is 7.39. The zero-order chi connectivity index (χ0) is 9.14. The fourth-order valence-electron chi connectivity index (χ4n) is 1.06. The molecule has 0 aliphatic carbocycles. The van der Waals surface area contributed by atoms with E-state index in [9.17, 15) is 0 Å². The zero-order valence-corrected chi connectivity index (χ0v) is 8.15. The number of halogens is 1. The highest BCUT2D eigenvalue weighted by atomic mass is 35.5. The Bertz CT molecular complexity index is 255. The Hall–Kier alpha value is -0.540. The van der Waals surface area contributed by atoms with Crippen LogP contribution in [0.2, 0.25) is 5.15 Å². The second-order valence-electron chi connectivity index (χ2n) is 3.25. The Morgan fingerprint density at radius 2 is 2.25 bits per heavy atom. The van der Waals surface area contributed by atoms with E-state index < -0.39 is 0 Å². The summed E-state index contributed by atoms with van der Waals surface area (Å²) in [5, 5.41) is 0.508. The summed E-state index contributed by atoms with van der Waals surface area (Å²) in [6, 6.07) is 0. The van der Waals surface area contributed by atoms with Gasteiger partial charge in [-0.3, -0.25) is 0 Å². The summed E-state index contributed by atoms with van der Waals surface area (Å²) >= 11 is 5.81. The molecule has 1 aromatic rings. The van der Waals surface area contributed by atoms with Gasteiger partial charge in [-0.25, -0.2) is 4.98 Å². The molecular formula is C8H14ClN3. The normalized spacial score (nSPS) is 11.1. The first-order valence-electron chi connectivity index (χ1n) is 4.06. The van der Waals surface area contributed by atoms with E-state index in [2.05, 4.69) is 23.8 Å². The van der Waals surface area contributed by atoms with Crippen molar-refractivity contribution in [2.75, 3.05) is 0 Å². The summed E-state index contributed by atoms with van der Waals surface area (Å²) in [5.41, 5.74) is 6.27. The standard InChI is InChI=1S/C8H14ClN3/c1-5(2)3-7-11-6(4-10)8(9)12-7/h5H,3-4,10H2,1-2H3,(H,11,12). The van der Waals surface area contributed by atoms with Crippen molar-refractivity contribution in [2.45, 2.75) is 26.8 Å². The summed E-state index contributed by atoms with van der Waals surface area (Å²) in [5.74, 6) is 1.51. The van der Waals surface area contributed by atoms with Crippen molar-refractivity contribution in [1.29, 1.82) is 0 Å². The lowest BCUT2D eigenvalue weighted by Gasteiger charge is -1.98. The van der Waals surface area contributed by atoms with E-state index in [1.165, 1.54) is 0 Å². The first-order valence-corrected chi connectivity index (χ1v) is 4.44. The van der Waals surface area contributed by atoms with Crippen LogP contribution in [-0.2, 0) is 13.0 Å². The predicted octanol–water partition coefficient (Wildman–Crippen LogP) is 1.72. The van der Waals surface area contributed by atoms with Crippen molar-refractivity contribution in [2.24, 2.45) is 11.7 Å². The fraction of sp³-hybridized carbons (Fsp3) is 0.625. The molecule has 1 aromatic heterocycles. The second-order valence-corrected chi connectivity index (χ2v) is 3.61. The summed E-state index contributed by atoms with van der Waals surface area (Å²) in [4.78, 5) is 7.25. The molecule has 0 unspecified atom stereocenters. The van der Waals surface area contributed by atoms with Crippen LogP contribution in [0.1, 0.15) is 25.4 Å². The molecule has 12 heavy (non-hydrogen) atoms. The van der Waals surface area contributed by atoms with Gasteiger partial charge >= 0.3 is 0 Å². The molecule has 0 aliphatic heterocycles. The number of imidazole rings is 1. The first-order chi connectivity index (χ1) is 5.63. The lowest BCUT2D eigenvalue weighted by Crippen LogP contribution is -1.99. The molecule has 4 heteroatoms. The molecule has 0 spiro atoms.